The highest BCUT2D eigenvalue weighted by atomic mass is 16.5. The Balaban J connectivity index is 1.47. The molecule has 6 heteroatoms. The number of aromatic nitrogens is 1. The van der Waals surface area contributed by atoms with Crippen molar-refractivity contribution in [1.29, 1.82) is 5.26 Å². The van der Waals surface area contributed by atoms with E-state index in [4.69, 9.17) is 14.5 Å². The van der Waals surface area contributed by atoms with Crippen molar-refractivity contribution in [1.82, 2.24) is 9.88 Å². The van der Waals surface area contributed by atoms with Crippen molar-refractivity contribution < 1.29 is 9.47 Å². The molecule has 1 aromatic heterocycles. The van der Waals surface area contributed by atoms with Crippen LogP contribution in [0.5, 0.6) is 5.75 Å². The zero-order chi connectivity index (χ0) is 25.9. The van der Waals surface area contributed by atoms with E-state index in [1.807, 2.05) is 30.5 Å². The molecule has 0 N–H and O–H groups in total. The summed E-state index contributed by atoms with van der Waals surface area (Å²) in [5.41, 5.74) is 4.76. The molecule has 37 heavy (non-hydrogen) atoms. The van der Waals surface area contributed by atoms with Gasteiger partial charge in [0.05, 0.1) is 48.4 Å². The molecule has 0 amide bonds. The molecule has 3 aromatic rings. The van der Waals surface area contributed by atoms with Crippen molar-refractivity contribution in [2.45, 2.75) is 70.7 Å². The van der Waals surface area contributed by atoms with Crippen LogP contribution >= 0.6 is 0 Å². The topological polar surface area (TPSA) is 61.6 Å². The average molecular weight is 499 g/mol. The predicted molar refractivity (Wildman–Crippen MR) is 149 cm³/mol. The molecule has 0 radical (unpaired) electrons. The summed E-state index contributed by atoms with van der Waals surface area (Å²) in [6.45, 7) is 9.70. The number of methoxy groups -OCH3 is 1. The molecule has 2 aliphatic heterocycles. The first-order valence-corrected chi connectivity index (χ1v) is 13.6. The van der Waals surface area contributed by atoms with E-state index in [9.17, 15) is 5.26 Å². The maximum absolute atomic E-state index is 9.17. The Morgan fingerprint density at radius 3 is 2.54 bits per heavy atom. The van der Waals surface area contributed by atoms with Crippen LogP contribution in [0.2, 0.25) is 0 Å². The van der Waals surface area contributed by atoms with Gasteiger partial charge in [-0.05, 0) is 56.9 Å². The summed E-state index contributed by atoms with van der Waals surface area (Å²) < 4.78 is 12.1. The Morgan fingerprint density at radius 1 is 1.11 bits per heavy atom. The lowest BCUT2D eigenvalue weighted by atomic mass is 9.91. The summed E-state index contributed by atoms with van der Waals surface area (Å²) in [7, 11) is 1.77. The van der Waals surface area contributed by atoms with Crippen molar-refractivity contribution in [3.05, 3.63) is 54.2 Å². The highest BCUT2D eigenvalue weighted by molar-refractivity contribution is 5.99. The molecule has 0 aliphatic carbocycles. The Morgan fingerprint density at radius 2 is 1.86 bits per heavy atom. The van der Waals surface area contributed by atoms with E-state index in [0.717, 1.165) is 78.8 Å². The zero-order valence-electron chi connectivity index (χ0n) is 22.5. The maximum atomic E-state index is 9.17. The van der Waals surface area contributed by atoms with Gasteiger partial charge < -0.3 is 14.4 Å². The summed E-state index contributed by atoms with van der Waals surface area (Å²) in [6.07, 6.45) is 7.18. The van der Waals surface area contributed by atoms with Crippen molar-refractivity contribution in [3.8, 4) is 22.9 Å². The molecule has 0 spiro atoms. The van der Waals surface area contributed by atoms with Crippen molar-refractivity contribution in [2.75, 3.05) is 31.6 Å². The minimum absolute atomic E-state index is 0.293. The number of para-hydroxylation sites is 1. The summed E-state index contributed by atoms with van der Waals surface area (Å²) >= 11 is 0. The van der Waals surface area contributed by atoms with Gasteiger partial charge in [-0.25, -0.2) is 0 Å². The number of morpholine rings is 1. The monoisotopic (exact) mass is 498 g/mol. The van der Waals surface area contributed by atoms with Crippen LogP contribution in [0.4, 0.5) is 5.69 Å². The van der Waals surface area contributed by atoms with Crippen molar-refractivity contribution in [3.63, 3.8) is 0 Å². The highest BCUT2D eigenvalue weighted by Crippen LogP contribution is 2.41. The molecule has 4 unspecified atom stereocenters. The van der Waals surface area contributed by atoms with E-state index in [-0.39, 0.29) is 0 Å². The van der Waals surface area contributed by atoms with Gasteiger partial charge in [-0.3, -0.25) is 9.88 Å². The van der Waals surface area contributed by atoms with Gasteiger partial charge in [0.25, 0.3) is 0 Å². The molecular formula is C31H38N4O2. The van der Waals surface area contributed by atoms with Crippen LogP contribution in [0, 0.1) is 11.3 Å². The Hall–Kier alpha value is -3.14. The number of hydrogen-bond donors (Lipinski definition) is 0. The van der Waals surface area contributed by atoms with E-state index in [2.05, 4.69) is 54.8 Å². The smallest absolute Gasteiger partial charge is 0.153 e. The molecule has 2 saturated heterocycles. The molecule has 3 heterocycles. The van der Waals surface area contributed by atoms with Gasteiger partial charge in [0.1, 0.15) is 0 Å². The van der Waals surface area contributed by atoms with Gasteiger partial charge in [0.15, 0.2) is 5.75 Å². The second-order valence-electron chi connectivity index (χ2n) is 10.6. The molecule has 2 fully saturated rings. The number of pyridine rings is 1. The first-order valence-electron chi connectivity index (χ1n) is 13.6. The maximum Gasteiger partial charge on any atom is 0.153 e. The molecule has 4 atom stereocenters. The Labute approximate surface area is 220 Å². The van der Waals surface area contributed by atoms with Crippen LogP contribution in [0.15, 0.2) is 48.7 Å². The number of fused-ring (bicyclic) bond motifs is 1. The van der Waals surface area contributed by atoms with Gasteiger partial charge >= 0.3 is 0 Å². The van der Waals surface area contributed by atoms with E-state index in [1.54, 1.807) is 7.11 Å². The quantitative estimate of drug-likeness (QED) is 0.414. The fraction of sp³-hybridized carbons (Fsp3) is 0.484. The lowest BCUT2D eigenvalue weighted by Gasteiger charge is -2.47. The van der Waals surface area contributed by atoms with Crippen LogP contribution in [-0.4, -0.2) is 60.9 Å². The largest absolute Gasteiger partial charge is 0.494 e. The average Bonchev–Trinajstić information content (AvgIpc) is 2.92. The third-order valence-electron chi connectivity index (χ3n) is 7.94. The van der Waals surface area contributed by atoms with E-state index in [0.29, 0.717) is 29.9 Å². The fourth-order valence-electron chi connectivity index (χ4n) is 6.37. The predicted octanol–water partition coefficient (Wildman–Crippen LogP) is 6.03. The standard InChI is InChI=1S/C31H38N4O2/c1-5-7-26-16-25(34-19-21(2)37-22(3)20-34)14-15-35(26)29-18-33-30-27(8-6-9-28(30)31(29)36-4)24-12-10-23(17-32)11-13-24/h6,8-13,18,21-22,25-26H,5,7,14-16,19-20H2,1-4H3. The molecule has 5 rings (SSSR count). The third kappa shape index (κ3) is 5.16. The first-order chi connectivity index (χ1) is 18.0. The fourth-order valence-corrected chi connectivity index (χ4v) is 6.37. The SMILES string of the molecule is CCCC1CC(N2CC(C)OC(C)C2)CCN1c1cnc2c(-c3ccc(C#N)cc3)cccc2c1OC. The van der Waals surface area contributed by atoms with Crippen LogP contribution in [0.1, 0.15) is 52.0 Å². The van der Waals surface area contributed by atoms with E-state index >= 15 is 0 Å². The molecule has 194 valence electrons. The van der Waals surface area contributed by atoms with Crippen LogP contribution in [-0.2, 0) is 4.74 Å². The van der Waals surface area contributed by atoms with E-state index < -0.39 is 0 Å². The number of nitrogens with zero attached hydrogens (tertiary/aromatic N) is 4. The number of hydrogen-bond acceptors (Lipinski definition) is 6. The van der Waals surface area contributed by atoms with Crippen LogP contribution in [0.3, 0.4) is 0 Å². The molecule has 2 aromatic carbocycles. The van der Waals surface area contributed by atoms with Crippen molar-refractivity contribution >= 4 is 16.6 Å². The van der Waals surface area contributed by atoms with Gasteiger partial charge in [0.2, 0.25) is 0 Å². The number of nitriles is 1. The zero-order valence-corrected chi connectivity index (χ0v) is 22.5. The summed E-state index contributed by atoms with van der Waals surface area (Å²) in [5, 5.41) is 10.2. The lowest BCUT2D eigenvalue weighted by Crippen LogP contribution is -2.55. The third-order valence-corrected chi connectivity index (χ3v) is 7.94. The summed E-state index contributed by atoms with van der Waals surface area (Å²) in [4.78, 5) is 10.2. The molecule has 0 saturated carbocycles. The second kappa shape index (κ2) is 11.1. The summed E-state index contributed by atoms with van der Waals surface area (Å²) in [6, 6.07) is 17.2. The molecular weight excluding hydrogens is 460 g/mol. The summed E-state index contributed by atoms with van der Waals surface area (Å²) in [5.74, 6) is 0.897. The van der Waals surface area contributed by atoms with E-state index in [1.165, 1.54) is 0 Å². The van der Waals surface area contributed by atoms with Gasteiger partial charge in [-0.1, -0.05) is 37.6 Å². The van der Waals surface area contributed by atoms with Crippen LogP contribution < -0.4 is 9.64 Å². The number of ether oxygens (including phenoxy) is 2. The lowest BCUT2D eigenvalue weighted by molar-refractivity contribution is -0.0840. The first kappa shape index (κ1) is 25.5. The number of piperidine rings is 1. The molecule has 2 aliphatic rings. The number of benzene rings is 2. The second-order valence-corrected chi connectivity index (χ2v) is 10.6. The highest BCUT2D eigenvalue weighted by Gasteiger charge is 2.35. The van der Waals surface area contributed by atoms with Crippen molar-refractivity contribution in [2.24, 2.45) is 0 Å². The van der Waals surface area contributed by atoms with Gasteiger partial charge in [0, 0.05) is 42.7 Å². The number of rotatable bonds is 6. The Bertz CT molecular complexity index is 1260. The molecule has 6 nitrogen and oxygen atoms in total. The minimum Gasteiger partial charge on any atom is -0.494 e. The number of anilines is 1. The van der Waals surface area contributed by atoms with Crippen LogP contribution in [0.25, 0.3) is 22.0 Å². The Kier molecular flexibility index (Phi) is 7.64. The van der Waals surface area contributed by atoms with Gasteiger partial charge in [-0.15, -0.1) is 0 Å². The van der Waals surface area contributed by atoms with Gasteiger partial charge in [-0.2, -0.15) is 5.26 Å². The normalized spacial score (nSPS) is 24.7. The minimum atomic E-state index is 0.293. The molecule has 0 bridgehead atoms.